The molecule has 2 fully saturated rings. The van der Waals surface area contributed by atoms with E-state index in [0.717, 1.165) is 12.1 Å². The Morgan fingerprint density at radius 2 is 1.71 bits per heavy atom. The third kappa shape index (κ3) is 5.92. The summed E-state index contributed by atoms with van der Waals surface area (Å²) in [6, 6.07) is 8.12. The average molecular weight is 560 g/mol. The molecule has 0 spiro atoms. The van der Waals surface area contributed by atoms with Crippen LogP contribution in [0.15, 0.2) is 47.4 Å². The fraction of sp³-hybridized carbons (Fsp3) is 0.417. The monoisotopic (exact) mass is 559 g/mol. The van der Waals surface area contributed by atoms with E-state index in [4.69, 9.17) is 9.88 Å². The fourth-order valence-electron chi connectivity index (χ4n) is 4.93. The molecule has 2 aliphatic rings. The lowest BCUT2D eigenvalue weighted by Gasteiger charge is -2.28. The van der Waals surface area contributed by atoms with Gasteiger partial charge in [0.2, 0.25) is 15.9 Å². The number of primary sulfonamides is 1. The molecule has 2 N–H and O–H groups in total. The van der Waals surface area contributed by atoms with Crippen molar-refractivity contribution in [3.05, 3.63) is 59.4 Å². The lowest BCUT2D eigenvalue weighted by atomic mass is 9.95. The molecule has 206 valence electrons. The molecule has 2 atom stereocenters. The van der Waals surface area contributed by atoms with Crippen LogP contribution in [-0.4, -0.2) is 75.3 Å². The molecular weight excluding hydrogens is 534 g/mol. The van der Waals surface area contributed by atoms with Gasteiger partial charge >= 0.3 is 6.36 Å². The second-order valence-electron chi connectivity index (χ2n) is 9.30. The maximum Gasteiger partial charge on any atom is 0.573 e. The standard InChI is InChI=1S/C24H25F4N3O6S/c1-36-23-13-30(21(32)9-4-15-2-5-17(6-3-15)37-24(26,27)28)11-16(23)12-31(14-23)22(33)19-8-7-18(10-20(19)25)38(29,34)35/h2-3,5-8,10,16H,4,9,11-14H2,1H3,(H2,29,34,35). The number of hydrogen-bond donors (Lipinski definition) is 1. The normalized spacial score (nSPS) is 21.5. The first-order valence-corrected chi connectivity index (χ1v) is 13.0. The van der Waals surface area contributed by atoms with Gasteiger partial charge in [0, 0.05) is 32.5 Å². The first-order chi connectivity index (χ1) is 17.7. The lowest BCUT2D eigenvalue weighted by molar-refractivity contribution is -0.274. The number of fused-ring (bicyclic) bond motifs is 1. The van der Waals surface area contributed by atoms with Crippen LogP contribution in [0.1, 0.15) is 22.3 Å². The van der Waals surface area contributed by atoms with Crippen LogP contribution in [0.2, 0.25) is 0 Å². The summed E-state index contributed by atoms with van der Waals surface area (Å²) < 4.78 is 83.9. The number of rotatable bonds is 7. The van der Waals surface area contributed by atoms with Crippen LogP contribution in [0, 0.1) is 11.7 Å². The van der Waals surface area contributed by atoms with Gasteiger partial charge in [-0.2, -0.15) is 0 Å². The van der Waals surface area contributed by atoms with E-state index in [0.29, 0.717) is 24.6 Å². The molecule has 38 heavy (non-hydrogen) atoms. The van der Waals surface area contributed by atoms with Crippen molar-refractivity contribution in [1.29, 1.82) is 0 Å². The van der Waals surface area contributed by atoms with Gasteiger partial charge in [-0.15, -0.1) is 13.2 Å². The number of hydrogen-bond acceptors (Lipinski definition) is 6. The topological polar surface area (TPSA) is 119 Å². The van der Waals surface area contributed by atoms with Crippen LogP contribution in [0.3, 0.4) is 0 Å². The van der Waals surface area contributed by atoms with Gasteiger partial charge in [-0.05, 0) is 42.3 Å². The van der Waals surface area contributed by atoms with Crippen molar-refractivity contribution in [3.8, 4) is 5.75 Å². The second-order valence-corrected chi connectivity index (χ2v) is 10.9. The summed E-state index contributed by atoms with van der Waals surface area (Å²) in [4.78, 5) is 28.4. The summed E-state index contributed by atoms with van der Waals surface area (Å²) >= 11 is 0. The van der Waals surface area contributed by atoms with Crippen LogP contribution in [0.5, 0.6) is 5.75 Å². The van der Waals surface area contributed by atoms with E-state index in [-0.39, 0.29) is 49.2 Å². The minimum Gasteiger partial charge on any atom is -0.406 e. The highest BCUT2D eigenvalue weighted by Crippen LogP contribution is 2.39. The van der Waals surface area contributed by atoms with E-state index in [1.54, 1.807) is 4.90 Å². The first-order valence-electron chi connectivity index (χ1n) is 11.5. The summed E-state index contributed by atoms with van der Waals surface area (Å²) in [7, 11) is -2.65. The highest BCUT2D eigenvalue weighted by Gasteiger charge is 2.55. The van der Waals surface area contributed by atoms with Crippen molar-refractivity contribution < 1.29 is 45.0 Å². The van der Waals surface area contributed by atoms with Crippen molar-refractivity contribution in [2.75, 3.05) is 33.3 Å². The van der Waals surface area contributed by atoms with E-state index in [1.807, 2.05) is 0 Å². The zero-order chi connectivity index (χ0) is 27.9. The Hall–Kier alpha value is -3.23. The number of carbonyl (C=O) groups excluding carboxylic acids is 2. The number of aryl methyl sites for hydroxylation is 1. The van der Waals surface area contributed by atoms with Gasteiger partial charge in [-0.25, -0.2) is 17.9 Å². The number of nitrogens with zero attached hydrogens (tertiary/aromatic N) is 2. The van der Waals surface area contributed by atoms with Crippen LogP contribution in [0.4, 0.5) is 17.6 Å². The predicted octanol–water partition coefficient (Wildman–Crippen LogP) is 2.30. The third-order valence-corrected chi connectivity index (χ3v) is 7.78. The number of sulfonamides is 1. The number of methoxy groups -OCH3 is 1. The highest BCUT2D eigenvalue weighted by molar-refractivity contribution is 7.89. The molecule has 0 bridgehead atoms. The number of alkyl halides is 3. The van der Waals surface area contributed by atoms with Crippen LogP contribution in [-0.2, 0) is 26.0 Å². The Balaban J connectivity index is 1.36. The summed E-state index contributed by atoms with van der Waals surface area (Å²) in [5, 5.41) is 5.01. The minimum absolute atomic E-state index is 0.105. The number of likely N-dealkylation sites (tertiary alicyclic amines) is 2. The molecule has 2 saturated heterocycles. The Bertz CT molecular complexity index is 1340. The molecule has 0 radical (unpaired) electrons. The van der Waals surface area contributed by atoms with Crippen molar-refractivity contribution in [3.63, 3.8) is 0 Å². The van der Waals surface area contributed by atoms with Crippen molar-refractivity contribution in [1.82, 2.24) is 9.80 Å². The van der Waals surface area contributed by atoms with E-state index in [1.165, 1.54) is 36.3 Å². The molecule has 9 nitrogen and oxygen atoms in total. The Kier molecular flexibility index (Phi) is 7.43. The zero-order valence-corrected chi connectivity index (χ0v) is 21.0. The number of halogens is 4. The maximum atomic E-state index is 14.5. The molecule has 0 aromatic heterocycles. The van der Waals surface area contributed by atoms with Gasteiger partial charge in [-0.1, -0.05) is 12.1 Å². The summed E-state index contributed by atoms with van der Waals surface area (Å²) in [6.45, 7) is 0.824. The number of benzene rings is 2. The molecular formula is C24H25F4N3O6S. The minimum atomic E-state index is -4.78. The van der Waals surface area contributed by atoms with Crippen molar-refractivity contribution in [2.45, 2.75) is 29.7 Å². The average Bonchev–Trinajstić information content (AvgIpc) is 3.36. The molecule has 2 amide bonds. The number of amides is 2. The summed E-state index contributed by atoms with van der Waals surface area (Å²) in [5.74, 6) is -2.40. The first kappa shape index (κ1) is 27.8. The van der Waals surface area contributed by atoms with Gasteiger partial charge in [0.25, 0.3) is 5.91 Å². The Morgan fingerprint density at radius 3 is 2.26 bits per heavy atom. The molecule has 2 unspecified atom stereocenters. The predicted molar refractivity (Wildman–Crippen MR) is 125 cm³/mol. The van der Waals surface area contributed by atoms with Crippen molar-refractivity contribution >= 4 is 21.8 Å². The molecule has 4 rings (SSSR count). The van der Waals surface area contributed by atoms with E-state index < -0.39 is 38.6 Å². The van der Waals surface area contributed by atoms with Gasteiger partial charge in [-0.3, -0.25) is 9.59 Å². The summed E-state index contributed by atoms with van der Waals surface area (Å²) in [5.41, 5.74) is -0.483. The SMILES string of the molecule is COC12CN(C(=O)CCc3ccc(OC(F)(F)F)cc3)CC1CN(C(=O)c1ccc(S(N)(=O)=O)cc1F)C2. The van der Waals surface area contributed by atoms with Gasteiger partial charge < -0.3 is 19.3 Å². The zero-order valence-electron chi connectivity index (χ0n) is 20.2. The lowest BCUT2D eigenvalue weighted by Crippen LogP contribution is -2.44. The maximum absolute atomic E-state index is 14.5. The molecule has 2 aromatic rings. The Labute approximate surface area is 216 Å². The molecule has 2 aromatic carbocycles. The fourth-order valence-corrected chi connectivity index (χ4v) is 5.46. The molecule has 0 saturated carbocycles. The van der Waals surface area contributed by atoms with Gasteiger partial charge in [0.1, 0.15) is 17.2 Å². The number of nitrogens with two attached hydrogens (primary N) is 1. The van der Waals surface area contributed by atoms with E-state index in [2.05, 4.69) is 4.74 Å². The molecule has 14 heteroatoms. The molecule has 0 aliphatic carbocycles. The van der Waals surface area contributed by atoms with Gasteiger partial charge in [0.05, 0.1) is 23.5 Å². The quantitative estimate of drug-likeness (QED) is 0.520. The third-order valence-electron chi connectivity index (χ3n) is 6.87. The van der Waals surface area contributed by atoms with Crippen molar-refractivity contribution in [2.24, 2.45) is 11.1 Å². The highest BCUT2D eigenvalue weighted by atomic mass is 32.2. The molecule has 2 heterocycles. The van der Waals surface area contributed by atoms with Crippen LogP contribution >= 0.6 is 0 Å². The largest absolute Gasteiger partial charge is 0.573 e. The van der Waals surface area contributed by atoms with Crippen LogP contribution in [0.25, 0.3) is 0 Å². The second kappa shape index (κ2) is 10.2. The van der Waals surface area contributed by atoms with Gasteiger partial charge in [0.15, 0.2) is 0 Å². The number of ether oxygens (including phenoxy) is 2. The summed E-state index contributed by atoms with van der Waals surface area (Å²) in [6.07, 6.45) is -4.35. The van der Waals surface area contributed by atoms with E-state index in [9.17, 15) is 35.6 Å². The smallest absolute Gasteiger partial charge is 0.406 e. The van der Waals surface area contributed by atoms with E-state index >= 15 is 0 Å². The molecule has 2 aliphatic heterocycles. The number of carbonyl (C=O) groups is 2. The van der Waals surface area contributed by atoms with Crippen LogP contribution < -0.4 is 9.88 Å². The Morgan fingerprint density at radius 1 is 1.08 bits per heavy atom.